The van der Waals surface area contributed by atoms with Gasteiger partial charge in [0, 0.05) is 0 Å². The summed E-state index contributed by atoms with van der Waals surface area (Å²) in [5.41, 5.74) is 1.97. The van der Waals surface area contributed by atoms with Crippen molar-refractivity contribution >= 4 is 0 Å². The average molecular weight is 230 g/mol. The zero-order valence-corrected chi connectivity index (χ0v) is 9.55. The molecule has 0 atom stereocenters. The van der Waals surface area contributed by atoms with E-state index < -0.39 is 0 Å². The number of hydrogen-bond donors (Lipinski definition) is 2. The number of rotatable bonds is 3. The minimum Gasteiger partial charge on any atom is -0.508 e. The molecule has 0 unspecified atom stereocenters. The van der Waals surface area contributed by atoms with Crippen molar-refractivity contribution in [3.8, 4) is 17.2 Å². The van der Waals surface area contributed by atoms with Crippen LogP contribution in [0.5, 0.6) is 17.2 Å². The third-order valence-corrected chi connectivity index (χ3v) is 2.45. The van der Waals surface area contributed by atoms with Crippen LogP contribution in [-0.4, -0.2) is 10.2 Å². The average Bonchev–Trinajstić information content (AvgIpc) is 2.32. The molecule has 0 aliphatic carbocycles. The van der Waals surface area contributed by atoms with E-state index in [0.29, 0.717) is 12.4 Å². The van der Waals surface area contributed by atoms with Gasteiger partial charge < -0.3 is 14.9 Å². The first-order valence-electron chi connectivity index (χ1n) is 5.35. The van der Waals surface area contributed by atoms with Crippen LogP contribution in [-0.2, 0) is 6.61 Å². The standard InChI is InChI=1S/C14H14O3/c1-10-2-7-13(16)14(8-10)17-9-11-3-5-12(15)6-4-11/h2-8,15-16H,9H2,1H3. The van der Waals surface area contributed by atoms with Crippen molar-refractivity contribution < 1.29 is 14.9 Å². The number of aromatic hydroxyl groups is 2. The van der Waals surface area contributed by atoms with Crippen molar-refractivity contribution in [1.29, 1.82) is 0 Å². The lowest BCUT2D eigenvalue weighted by atomic mass is 10.2. The van der Waals surface area contributed by atoms with Gasteiger partial charge in [-0.25, -0.2) is 0 Å². The van der Waals surface area contributed by atoms with E-state index in [9.17, 15) is 5.11 Å². The van der Waals surface area contributed by atoms with E-state index in [-0.39, 0.29) is 11.5 Å². The Morgan fingerprint density at radius 1 is 1.00 bits per heavy atom. The molecule has 0 fully saturated rings. The largest absolute Gasteiger partial charge is 0.508 e. The third-order valence-electron chi connectivity index (χ3n) is 2.45. The lowest BCUT2D eigenvalue weighted by Gasteiger charge is -2.08. The molecule has 0 aliphatic rings. The van der Waals surface area contributed by atoms with Crippen LogP contribution >= 0.6 is 0 Å². The number of ether oxygens (including phenoxy) is 1. The Morgan fingerprint density at radius 2 is 1.71 bits per heavy atom. The van der Waals surface area contributed by atoms with E-state index in [2.05, 4.69) is 0 Å². The molecule has 0 spiro atoms. The Labute approximate surface area is 99.9 Å². The van der Waals surface area contributed by atoms with Crippen LogP contribution < -0.4 is 4.74 Å². The Bertz CT molecular complexity index is 503. The van der Waals surface area contributed by atoms with Crippen molar-refractivity contribution in [3.05, 3.63) is 53.6 Å². The summed E-state index contributed by atoms with van der Waals surface area (Å²) in [6.07, 6.45) is 0. The van der Waals surface area contributed by atoms with Gasteiger partial charge in [0.05, 0.1) is 0 Å². The molecule has 3 heteroatoms. The summed E-state index contributed by atoms with van der Waals surface area (Å²) in [5.74, 6) is 0.833. The van der Waals surface area contributed by atoms with Gasteiger partial charge in [-0.2, -0.15) is 0 Å². The fourth-order valence-electron chi connectivity index (χ4n) is 1.49. The highest BCUT2D eigenvalue weighted by atomic mass is 16.5. The third kappa shape index (κ3) is 2.91. The van der Waals surface area contributed by atoms with Crippen LogP contribution in [0.15, 0.2) is 42.5 Å². The van der Waals surface area contributed by atoms with Gasteiger partial charge in [-0.05, 0) is 42.3 Å². The van der Waals surface area contributed by atoms with Crippen molar-refractivity contribution in [2.45, 2.75) is 13.5 Å². The molecule has 0 aliphatic heterocycles. The van der Waals surface area contributed by atoms with Gasteiger partial charge in [-0.1, -0.05) is 18.2 Å². The van der Waals surface area contributed by atoms with Crippen molar-refractivity contribution in [2.75, 3.05) is 0 Å². The molecule has 0 aromatic heterocycles. The van der Waals surface area contributed by atoms with Gasteiger partial charge in [-0.3, -0.25) is 0 Å². The second kappa shape index (κ2) is 4.78. The first-order valence-corrected chi connectivity index (χ1v) is 5.35. The van der Waals surface area contributed by atoms with Crippen LogP contribution in [0.4, 0.5) is 0 Å². The zero-order chi connectivity index (χ0) is 12.3. The Morgan fingerprint density at radius 3 is 2.41 bits per heavy atom. The molecule has 3 nitrogen and oxygen atoms in total. The summed E-state index contributed by atoms with van der Waals surface area (Å²) in [6, 6.07) is 12.0. The predicted molar refractivity (Wildman–Crippen MR) is 65.3 cm³/mol. The lowest BCUT2D eigenvalue weighted by molar-refractivity contribution is 0.288. The van der Waals surface area contributed by atoms with E-state index in [0.717, 1.165) is 11.1 Å². The highest BCUT2D eigenvalue weighted by Gasteiger charge is 2.02. The zero-order valence-electron chi connectivity index (χ0n) is 9.55. The number of benzene rings is 2. The van der Waals surface area contributed by atoms with E-state index in [1.807, 2.05) is 13.0 Å². The monoisotopic (exact) mass is 230 g/mol. The second-order valence-corrected chi connectivity index (χ2v) is 3.93. The Balaban J connectivity index is 2.07. The minimum absolute atomic E-state index is 0.134. The molecule has 0 amide bonds. The molecule has 0 bridgehead atoms. The quantitative estimate of drug-likeness (QED) is 0.852. The van der Waals surface area contributed by atoms with Crippen molar-refractivity contribution in [1.82, 2.24) is 0 Å². The van der Waals surface area contributed by atoms with Crippen LogP contribution in [0.2, 0.25) is 0 Å². The summed E-state index contributed by atoms with van der Waals surface area (Å²) in [7, 11) is 0. The van der Waals surface area contributed by atoms with E-state index in [4.69, 9.17) is 9.84 Å². The number of phenols is 2. The van der Waals surface area contributed by atoms with E-state index >= 15 is 0 Å². The summed E-state index contributed by atoms with van der Waals surface area (Å²) in [5, 5.41) is 18.7. The van der Waals surface area contributed by atoms with Crippen molar-refractivity contribution in [3.63, 3.8) is 0 Å². The van der Waals surface area contributed by atoms with Crippen LogP contribution in [0, 0.1) is 6.92 Å². The lowest BCUT2D eigenvalue weighted by Crippen LogP contribution is -1.95. The van der Waals surface area contributed by atoms with Crippen LogP contribution in [0.25, 0.3) is 0 Å². The smallest absolute Gasteiger partial charge is 0.161 e. The first kappa shape index (κ1) is 11.3. The SMILES string of the molecule is Cc1ccc(O)c(OCc2ccc(O)cc2)c1. The first-order chi connectivity index (χ1) is 8.15. The van der Waals surface area contributed by atoms with Gasteiger partial charge in [0.25, 0.3) is 0 Å². The fourth-order valence-corrected chi connectivity index (χ4v) is 1.49. The number of aryl methyl sites for hydroxylation is 1. The number of hydrogen-bond acceptors (Lipinski definition) is 3. The fraction of sp³-hybridized carbons (Fsp3) is 0.143. The maximum absolute atomic E-state index is 9.59. The summed E-state index contributed by atoms with van der Waals surface area (Å²) in [6.45, 7) is 2.30. The summed E-state index contributed by atoms with van der Waals surface area (Å²) in [4.78, 5) is 0. The van der Waals surface area contributed by atoms with Gasteiger partial charge in [0.15, 0.2) is 11.5 Å². The van der Waals surface area contributed by atoms with Gasteiger partial charge in [-0.15, -0.1) is 0 Å². The topological polar surface area (TPSA) is 49.7 Å². The predicted octanol–water partition coefficient (Wildman–Crippen LogP) is 2.99. The molecule has 2 rings (SSSR count). The molecular formula is C14H14O3. The van der Waals surface area contributed by atoms with Crippen LogP contribution in [0.1, 0.15) is 11.1 Å². The van der Waals surface area contributed by atoms with Gasteiger partial charge in [0.2, 0.25) is 0 Å². The number of phenolic OH excluding ortho intramolecular Hbond substituents is 2. The Kier molecular flexibility index (Phi) is 3.19. The highest BCUT2D eigenvalue weighted by molar-refractivity contribution is 5.41. The molecule has 88 valence electrons. The normalized spacial score (nSPS) is 10.2. The van der Waals surface area contributed by atoms with Crippen LogP contribution in [0.3, 0.4) is 0 Å². The molecule has 0 saturated carbocycles. The molecular weight excluding hydrogens is 216 g/mol. The molecule has 2 N–H and O–H groups in total. The maximum atomic E-state index is 9.59. The Hall–Kier alpha value is -2.16. The van der Waals surface area contributed by atoms with E-state index in [1.54, 1.807) is 36.4 Å². The van der Waals surface area contributed by atoms with Crippen molar-refractivity contribution in [2.24, 2.45) is 0 Å². The van der Waals surface area contributed by atoms with E-state index in [1.165, 1.54) is 0 Å². The second-order valence-electron chi connectivity index (χ2n) is 3.93. The molecule has 0 saturated heterocycles. The molecule has 0 radical (unpaired) electrons. The maximum Gasteiger partial charge on any atom is 0.161 e. The minimum atomic E-state index is 0.134. The van der Waals surface area contributed by atoms with Gasteiger partial charge in [0.1, 0.15) is 12.4 Å². The molecule has 17 heavy (non-hydrogen) atoms. The highest BCUT2D eigenvalue weighted by Crippen LogP contribution is 2.27. The van der Waals surface area contributed by atoms with Gasteiger partial charge >= 0.3 is 0 Å². The molecule has 0 heterocycles. The molecule has 2 aromatic carbocycles. The molecule has 2 aromatic rings. The summed E-state index contributed by atoms with van der Waals surface area (Å²) < 4.78 is 5.51. The summed E-state index contributed by atoms with van der Waals surface area (Å²) >= 11 is 0.